The summed E-state index contributed by atoms with van der Waals surface area (Å²) in [5, 5.41) is 9.90. The van der Waals surface area contributed by atoms with Crippen LogP contribution in [0.25, 0.3) is 21.3 Å². The maximum Gasteiger partial charge on any atom is 0.341 e. The lowest BCUT2D eigenvalue weighted by atomic mass is 9.75. The number of rotatable bonds is 4. The molecular formula is C24H26N2O4S. The van der Waals surface area contributed by atoms with Gasteiger partial charge >= 0.3 is 5.97 Å². The highest BCUT2D eigenvalue weighted by Crippen LogP contribution is 2.48. The van der Waals surface area contributed by atoms with Gasteiger partial charge in [0.25, 0.3) is 0 Å². The molecule has 162 valence electrons. The highest BCUT2D eigenvalue weighted by Gasteiger charge is 2.33. The van der Waals surface area contributed by atoms with Gasteiger partial charge in [-0.15, -0.1) is 11.3 Å². The van der Waals surface area contributed by atoms with Crippen LogP contribution in [0.5, 0.6) is 5.75 Å². The van der Waals surface area contributed by atoms with E-state index >= 15 is 0 Å². The van der Waals surface area contributed by atoms with Crippen LogP contribution in [0.4, 0.5) is 0 Å². The maximum atomic E-state index is 12.9. The van der Waals surface area contributed by atoms with E-state index in [0.29, 0.717) is 16.7 Å². The molecule has 2 aromatic heterocycles. The number of benzene rings is 1. The van der Waals surface area contributed by atoms with Crippen molar-refractivity contribution in [3.8, 4) is 16.2 Å². The van der Waals surface area contributed by atoms with E-state index in [1.807, 2.05) is 10.6 Å². The first-order chi connectivity index (χ1) is 14.7. The van der Waals surface area contributed by atoms with Gasteiger partial charge in [-0.3, -0.25) is 4.79 Å². The number of aromatic carboxylic acids is 1. The molecule has 0 bridgehead atoms. The summed E-state index contributed by atoms with van der Waals surface area (Å²) < 4.78 is 7.78. The maximum absolute atomic E-state index is 12.9. The number of nitrogens with zero attached hydrogens (tertiary/aromatic N) is 1. The number of pyridine rings is 1. The summed E-state index contributed by atoms with van der Waals surface area (Å²) in [5.74, 6) is -0.586. The van der Waals surface area contributed by atoms with Gasteiger partial charge in [-0.1, -0.05) is 13.8 Å². The second kappa shape index (κ2) is 6.93. The van der Waals surface area contributed by atoms with Crippen molar-refractivity contribution in [1.82, 2.24) is 4.57 Å². The summed E-state index contributed by atoms with van der Waals surface area (Å²) in [6.07, 6.45) is 5.34. The van der Waals surface area contributed by atoms with Crippen LogP contribution in [0, 0.1) is 5.41 Å². The van der Waals surface area contributed by atoms with Crippen molar-refractivity contribution >= 4 is 28.2 Å². The molecule has 2 aliphatic rings. The SMILES string of the molecule is COc1c(-c2cc3c(s2)C(N)CC(C)(C)C3)ccc2c(=O)c(C(=O)O)cn(C3CC3)c12. The van der Waals surface area contributed by atoms with E-state index in [1.54, 1.807) is 24.5 Å². The molecule has 1 aromatic carbocycles. The predicted molar refractivity (Wildman–Crippen MR) is 122 cm³/mol. The zero-order valence-electron chi connectivity index (χ0n) is 17.9. The molecule has 0 radical (unpaired) electrons. The number of aromatic nitrogens is 1. The molecule has 2 heterocycles. The van der Waals surface area contributed by atoms with E-state index in [-0.39, 0.29) is 23.1 Å². The number of carbonyl (C=O) groups is 1. The number of carboxylic acid groups (broad SMARTS) is 1. The molecule has 1 unspecified atom stereocenters. The highest BCUT2D eigenvalue weighted by atomic mass is 32.1. The van der Waals surface area contributed by atoms with Gasteiger partial charge in [0, 0.05) is 33.6 Å². The van der Waals surface area contributed by atoms with Crippen LogP contribution in [0.15, 0.2) is 29.2 Å². The Hall–Kier alpha value is -2.64. The van der Waals surface area contributed by atoms with Gasteiger partial charge in [-0.25, -0.2) is 4.79 Å². The Morgan fingerprint density at radius 2 is 2.06 bits per heavy atom. The number of carboxylic acids is 1. The molecule has 3 N–H and O–H groups in total. The fourth-order valence-corrected chi connectivity index (χ4v) is 6.12. The molecule has 7 heteroatoms. The Bertz CT molecular complexity index is 1280. The summed E-state index contributed by atoms with van der Waals surface area (Å²) in [6.45, 7) is 4.50. The molecule has 0 saturated heterocycles. The Balaban J connectivity index is 1.75. The van der Waals surface area contributed by atoms with Crippen LogP contribution in [0.3, 0.4) is 0 Å². The first-order valence-corrected chi connectivity index (χ1v) is 11.4. The molecule has 0 amide bonds. The average molecular weight is 439 g/mol. The summed E-state index contributed by atoms with van der Waals surface area (Å²) in [7, 11) is 1.60. The van der Waals surface area contributed by atoms with Gasteiger partial charge in [0.2, 0.25) is 5.43 Å². The van der Waals surface area contributed by atoms with Crippen LogP contribution in [0.1, 0.15) is 66.0 Å². The number of thiophene rings is 1. The molecule has 1 atom stereocenters. The predicted octanol–water partition coefficient (Wildman–Crippen LogP) is 4.74. The third-order valence-corrected chi connectivity index (χ3v) is 7.75. The minimum Gasteiger partial charge on any atom is -0.494 e. The smallest absolute Gasteiger partial charge is 0.341 e. The second-order valence-corrected chi connectivity index (χ2v) is 10.6. The Morgan fingerprint density at radius 1 is 1.32 bits per heavy atom. The third-order valence-electron chi connectivity index (χ3n) is 6.41. The number of hydrogen-bond acceptors (Lipinski definition) is 5. The molecule has 0 spiro atoms. The second-order valence-electron chi connectivity index (χ2n) is 9.51. The minimum absolute atomic E-state index is 0.0201. The molecule has 0 aliphatic heterocycles. The van der Waals surface area contributed by atoms with Gasteiger partial charge in [0.05, 0.1) is 18.0 Å². The van der Waals surface area contributed by atoms with E-state index in [9.17, 15) is 14.7 Å². The Morgan fingerprint density at radius 3 is 2.71 bits per heavy atom. The van der Waals surface area contributed by atoms with Crippen molar-refractivity contribution in [2.75, 3.05) is 7.11 Å². The molecule has 5 rings (SSSR count). The lowest BCUT2D eigenvalue weighted by Gasteiger charge is -2.33. The number of methoxy groups -OCH3 is 1. The molecule has 2 aliphatic carbocycles. The fourth-order valence-electron chi connectivity index (χ4n) is 4.92. The van der Waals surface area contributed by atoms with E-state index in [0.717, 1.165) is 36.1 Å². The molecule has 1 fully saturated rings. The van der Waals surface area contributed by atoms with E-state index in [2.05, 4.69) is 19.9 Å². The largest absolute Gasteiger partial charge is 0.494 e. The van der Waals surface area contributed by atoms with E-state index in [4.69, 9.17) is 10.5 Å². The van der Waals surface area contributed by atoms with Gasteiger partial charge in [-0.2, -0.15) is 0 Å². The van der Waals surface area contributed by atoms with Crippen molar-refractivity contribution in [2.24, 2.45) is 11.1 Å². The first kappa shape index (κ1) is 20.3. The minimum atomic E-state index is -1.20. The number of ether oxygens (including phenoxy) is 1. The van der Waals surface area contributed by atoms with Crippen molar-refractivity contribution in [3.05, 3.63) is 50.6 Å². The zero-order chi connectivity index (χ0) is 22.1. The van der Waals surface area contributed by atoms with Gasteiger partial charge in [-0.05, 0) is 54.9 Å². The Kier molecular flexibility index (Phi) is 4.53. The lowest BCUT2D eigenvalue weighted by Crippen LogP contribution is -2.28. The summed E-state index contributed by atoms with van der Waals surface area (Å²) in [4.78, 5) is 26.8. The van der Waals surface area contributed by atoms with E-state index in [1.165, 1.54) is 16.6 Å². The van der Waals surface area contributed by atoms with Crippen molar-refractivity contribution in [3.63, 3.8) is 0 Å². The quantitative estimate of drug-likeness (QED) is 0.613. The molecule has 1 saturated carbocycles. The normalized spacial score (nSPS) is 19.9. The fraction of sp³-hybridized carbons (Fsp3) is 0.417. The van der Waals surface area contributed by atoms with Gasteiger partial charge < -0.3 is 20.1 Å². The van der Waals surface area contributed by atoms with Crippen LogP contribution >= 0.6 is 11.3 Å². The van der Waals surface area contributed by atoms with Crippen LogP contribution in [-0.2, 0) is 6.42 Å². The zero-order valence-corrected chi connectivity index (χ0v) is 18.7. The van der Waals surface area contributed by atoms with Gasteiger partial charge in [0.15, 0.2) is 5.75 Å². The van der Waals surface area contributed by atoms with Gasteiger partial charge in [0.1, 0.15) is 5.56 Å². The van der Waals surface area contributed by atoms with Crippen molar-refractivity contribution < 1.29 is 14.6 Å². The number of fused-ring (bicyclic) bond motifs is 2. The molecule has 6 nitrogen and oxygen atoms in total. The monoisotopic (exact) mass is 438 g/mol. The molecule has 31 heavy (non-hydrogen) atoms. The van der Waals surface area contributed by atoms with Crippen molar-refractivity contribution in [1.29, 1.82) is 0 Å². The van der Waals surface area contributed by atoms with Crippen LogP contribution in [0.2, 0.25) is 0 Å². The van der Waals surface area contributed by atoms with Crippen molar-refractivity contribution in [2.45, 2.75) is 51.6 Å². The van der Waals surface area contributed by atoms with Crippen LogP contribution < -0.4 is 15.9 Å². The lowest BCUT2D eigenvalue weighted by molar-refractivity contribution is 0.0695. The average Bonchev–Trinajstić information content (AvgIpc) is 3.45. The van der Waals surface area contributed by atoms with E-state index < -0.39 is 11.4 Å². The standard InChI is InChI=1S/C24H26N2O4S/c1-24(2)9-12-8-18(31-22(12)17(25)10-24)14-6-7-15-19(21(14)30-3)26(13-4-5-13)11-16(20(15)27)23(28)29/h6-8,11,13,17H,4-5,9-10,25H2,1-3H3,(H,28,29). The highest BCUT2D eigenvalue weighted by molar-refractivity contribution is 7.15. The Labute approximate surface area is 184 Å². The molecule has 3 aromatic rings. The summed E-state index contributed by atoms with van der Waals surface area (Å²) in [6, 6.07) is 6.03. The number of hydrogen-bond donors (Lipinski definition) is 2. The third kappa shape index (κ3) is 3.27. The molecular weight excluding hydrogens is 412 g/mol. The summed E-state index contributed by atoms with van der Waals surface area (Å²) >= 11 is 1.69. The summed E-state index contributed by atoms with van der Waals surface area (Å²) in [5.41, 5.74) is 8.85. The topological polar surface area (TPSA) is 94.6 Å². The first-order valence-electron chi connectivity index (χ1n) is 10.6. The number of nitrogens with two attached hydrogens (primary N) is 1. The van der Waals surface area contributed by atoms with Crippen LogP contribution in [-0.4, -0.2) is 22.8 Å².